The van der Waals surface area contributed by atoms with Gasteiger partial charge in [-0.15, -0.1) is 11.3 Å². The number of hydrogen-bond acceptors (Lipinski definition) is 2. The molecule has 0 saturated carbocycles. The summed E-state index contributed by atoms with van der Waals surface area (Å²) in [5, 5.41) is 8.92. The predicted octanol–water partition coefficient (Wildman–Crippen LogP) is 12.5. The zero-order valence-electron chi connectivity index (χ0n) is 28.1. The van der Waals surface area contributed by atoms with Crippen LogP contribution in [0.3, 0.4) is 0 Å². The summed E-state index contributed by atoms with van der Waals surface area (Å²) in [7, 11) is 0. The Bertz CT molecular complexity index is 3200. The Morgan fingerprint density at radius 3 is 1.62 bits per heavy atom. The minimum absolute atomic E-state index is 0.959. The van der Waals surface area contributed by atoms with Crippen LogP contribution in [0.4, 0.5) is 0 Å². The summed E-state index contributed by atoms with van der Waals surface area (Å²) in [5.41, 5.74) is 11.4. The van der Waals surface area contributed by atoms with E-state index >= 15 is 0 Å². The third kappa shape index (κ3) is 3.78. The van der Waals surface area contributed by atoms with Crippen molar-refractivity contribution in [2.45, 2.75) is 12.8 Å². The largest absolute Gasteiger partial charge is 0.313 e. The molecular weight excluding hydrogens is 653 g/mol. The molecule has 0 bridgehead atoms. The van der Waals surface area contributed by atoms with Crippen molar-refractivity contribution in [1.82, 2.24) is 18.7 Å². The Labute approximate surface area is 302 Å². The highest BCUT2D eigenvalue weighted by atomic mass is 32.1. The zero-order chi connectivity index (χ0) is 33.9. The van der Waals surface area contributed by atoms with Crippen molar-refractivity contribution in [1.29, 1.82) is 0 Å². The molecule has 0 amide bonds. The predicted molar refractivity (Wildman–Crippen MR) is 220 cm³/mol. The van der Waals surface area contributed by atoms with E-state index in [9.17, 15) is 0 Å². The third-order valence-electron chi connectivity index (χ3n) is 11.2. The molecule has 52 heavy (non-hydrogen) atoms. The highest BCUT2D eigenvalue weighted by Crippen LogP contribution is 2.43. The molecule has 5 aromatic heterocycles. The van der Waals surface area contributed by atoms with Gasteiger partial charge >= 0.3 is 0 Å². The van der Waals surface area contributed by atoms with E-state index in [1.807, 2.05) is 17.5 Å². The van der Waals surface area contributed by atoms with Gasteiger partial charge in [0.2, 0.25) is 0 Å². The highest BCUT2D eigenvalue weighted by Gasteiger charge is 2.24. The lowest BCUT2D eigenvalue weighted by Gasteiger charge is -2.20. The third-order valence-corrected chi connectivity index (χ3v) is 12.4. The van der Waals surface area contributed by atoms with E-state index in [0.29, 0.717) is 0 Å². The highest BCUT2D eigenvalue weighted by molar-refractivity contribution is 7.26. The van der Waals surface area contributed by atoms with Gasteiger partial charge in [-0.05, 0) is 73.5 Å². The van der Waals surface area contributed by atoms with Crippen LogP contribution < -0.4 is 0 Å². The molecule has 0 N–H and O–H groups in total. The molecule has 0 saturated heterocycles. The molecule has 0 fully saturated rings. The van der Waals surface area contributed by atoms with Crippen molar-refractivity contribution in [3.63, 3.8) is 0 Å². The van der Waals surface area contributed by atoms with E-state index in [-0.39, 0.29) is 0 Å². The Balaban J connectivity index is 1.06. The first-order chi connectivity index (χ1) is 25.8. The van der Waals surface area contributed by atoms with Gasteiger partial charge in [-0.25, -0.2) is 4.98 Å². The van der Waals surface area contributed by atoms with Gasteiger partial charge < -0.3 is 9.13 Å². The van der Waals surface area contributed by atoms with Crippen molar-refractivity contribution < 1.29 is 0 Å². The van der Waals surface area contributed by atoms with Crippen LogP contribution in [0.5, 0.6) is 0 Å². The van der Waals surface area contributed by atoms with Crippen molar-refractivity contribution >= 4 is 97.8 Å². The molecule has 11 aromatic rings. The summed E-state index contributed by atoms with van der Waals surface area (Å²) < 4.78 is 9.83. The van der Waals surface area contributed by atoms with Gasteiger partial charge in [-0.2, -0.15) is 0 Å². The lowest BCUT2D eigenvalue weighted by molar-refractivity contribution is 0.874. The van der Waals surface area contributed by atoms with Crippen molar-refractivity contribution in [2.24, 2.45) is 0 Å². The number of aromatic nitrogens is 4. The second-order valence-electron chi connectivity index (χ2n) is 13.9. The summed E-state index contributed by atoms with van der Waals surface area (Å²) in [5.74, 6) is 0.990. The molecule has 12 rings (SSSR count). The van der Waals surface area contributed by atoms with Crippen molar-refractivity contribution in [2.75, 3.05) is 0 Å². The standard InChI is InChI=1S/C47H30N4S/c1-6-16-39-31(11-1)32-12-2-7-17-40(32)49(39)29-21-23-44-37(27-29)35-15-5-8-18-41(35)50(44)30-22-24-45-38(28-30)36-25-26-48-47(46(36)52-45)51-42-19-9-3-13-33(42)34-14-4-10-20-43(34)51/h1-20,22,24-28H,21,23H2. The van der Waals surface area contributed by atoms with Crippen LogP contribution in [0.1, 0.15) is 17.7 Å². The van der Waals surface area contributed by atoms with Crippen LogP contribution in [-0.4, -0.2) is 18.7 Å². The lowest BCUT2D eigenvalue weighted by atomic mass is 9.99. The fraction of sp³-hybridized carbons (Fsp3) is 0.0426. The van der Waals surface area contributed by atoms with E-state index in [1.165, 1.54) is 97.3 Å². The van der Waals surface area contributed by atoms with Crippen LogP contribution in [0.2, 0.25) is 0 Å². The Morgan fingerprint density at radius 1 is 0.462 bits per heavy atom. The number of nitrogens with zero attached hydrogens (tertiary/aromatic N) is 4. The van der Waals surface area contributed by atoms with E-state index < -0.39 is 0 Å². The number of pyridine rings is 1. The van der Waals surface area contributed by atoms with Crippen molar-refractivity contribution in [3.8, 4) is 11.5 Å². The number of para-hydroxylation sites is 5. The van der Waals surface area contributed by atoms with Crippen LogP contribution in [-0.2, 0) is 6.42 Å². The van der Waals surface area contributed by atoms with Gasteiger partial charge in [0.05, 0.1) is 32.3 Å². The SMILES string of the molecule is C1=C(n2c3ccccc3c3ccccc32)CCc2c1c1ccccc1n2-c1ccc2sc3c(-n4c5ccccc5c5ccccc54)nccc3c2c1. The second kappa shape index (κ2) is 10.5. The Morgan fingerprint density at radius 2 is 1.00 bits per heavy atom. The first-order valence-electron chi connectivity index (χ1n) is 17.9. The van der Waals surface area contributed by atoms with Gasteiger partial charge in [0.1, 0.15) is 0 Å². The zero-order valence-corrected chi connectivity index (χ0v) is 28.9. The topological polar surface area (TPSA) is 27.7 Å². The molecule has 0 spiro atoms. The number of hydrogen-bond donors (Lipinski definition) is 0. The average Bonchev–Trinajstić information content (AvgIpc) is 3.94. The minimum Gasteiger partial charge on any atom is -0.313 e. The molecule has 1 aliphatic rings. The number of thiophene rings is 1. The molecular formula is C47H30N4S. The van der Waals surface area contributed by atoms with E-state index in [2.05, 4.69) is 165 Å². The number of allylic oxidation sites excluding steroid dienone is 1. The Kier molecular flexibility index (Phi) is 5.74. The van der Waals surface area contributed by atoms with Gasteiger partial charge in [-0.3, -0.25) is 4.57 Å². The molecule has 0 aliphatic heterocycles. The lowest BCUT2D eigenvalue weighted by Crippen LogP contribution is -2.08. The van der Waals surface area contributed by atoms with Crippen LogP contribution >= 0.6 is 11.3 Å². The maximum atomic E-state index is 5.04. The summed E-state index contributed by atoms with van der Waals surface area (Å²) in [6.45, 7) is 0. The average molecular weight is 683 g/mol. The summed E-state index contributed by atoms with van der Waals surface area (Å²) >= 11 is 1.84. The smallest absolute Gasteiger partial charge is 0.155 e. The van der Waals surface area contributed by atoms with Gasteiger partial charge in [0.15, 0.2) is 5.82 Å². The second-order valence-corrected chi connectivity index (χ2v) is 14.9. The quantitative estimate of drug-likeness (QED) is 0.182. The minimum atomic E-state index is 0.959. The molecule has 4 nitrogen and oxygen atoms in total. The van der Waals surface area contributed by atoms with Gasteiger partial charge in [-0.1, -0.05) is 91.0 Å². The molecule has 0 atom stereocenters. The molecule has 1 aliphatic carbocycles. The maximum Gasteiger partial charge on any atom is 0.155 e. The first kappa shape index (κ1) is 28.3. The summed E-state index contributed by atoms with van der Waals surface area (Å²) in [4.78, 5) is 5.04. The van der Waals surface area contributed by atoms with Crippen LogP contribution in [0.25, 0.3) is 98.0 Å². The number of fused-ring (bicyclic) bond motifs is 12. The molecule has 6 aromatic carbocycles. The normalized spacial score (nSPS) is 13.3. The summed E-state index contributed by atoms with van der Waals surface area (Å²) in [6.07, 6.45) is 6.36. The number of benzene rings is 6. The fourth-order valence-electron chi connectivity index (χ4n) is 9.04. The first-order valence-corrected chi connectivity index (χ1v) is 18.8. The molecule has 0 radical (unpaired) electrons. The molecule has 5 heteroatoms. The fourth-order valence-corrected chi connectivity index (χ4v) is 10.2. The van der Waals surface area contributed by atoms with Crippen LogP contribution in [0, 0.1) is 0 Å². The van der Waals surface area contributed by atoms with E-state index in [4.69, 9.17) is 4.98 Å². The number of rotatable bonds is 3. The molecule has 0 unspecified atom stereocenters. The monoisotopic (exact) mass is 682 g/mol. The van der Waals surface area contributed by atoms with Crippen LogP contribution in [0.15, 0.2) is 152 Å². The maximum absolute atomic E-state index is 5.04. The van der Waals surface area contributed by atoms with E-state index in [1.54, 1.807) is 0 Å². The van der Waals surface area contributed by atoms with Gasteiger partial charge in [0.25, 0.3) is 0 Å². The van der Waals surface area contributed by atoms with Gasteiger partial charge in [0, 0.05) is 71.2 Å². The molecule has 5 heterocycles. The molecule has 244 valence electrons. The van der Waals surface area contributed by atoms with E-state index in [0.717, 1.165) is 18.7 Å². The van der Waals surface area contributed by atoms with Crippen molar-refractivity contribution in [3.05, 3.63) is 163 Å². The Hall–Kier alpha value is -6.43. The summed E-state index contributed by atoms with van der Waals surface area (Å²) in [6, 6.07) is 53.1.